The zero-order valence-electron chi connectivity index (χ0n) is 26.9. The van der Waals surface area contributed by atoms with Gasteiger partial charge in [0, 0.05) is 39.8 Å². The second kappa shape index (κ2) is 14.5. The first kappa shape index (κ1) is 32.4. The van der Waals surface area contributed by atoms with Crippen LogP contribution in [0.2, 0.25) is 0 Å². The maximum Gasteiger partial charge on any atom is 0.259 e. The molecule has 244 valence electrons. The van der Waals surface area contributed by atoms with Gasteiger partial charge in [-0.3, -0.25) is 14.4 Å². The van der Waals surface area contributed by atoms with Crippen LogP contribution in [0.1, 0.15) is 44.4 Å². The summed E-state index contributed by atoms with van der Waals surface area (Å²) >= 11 is 0. The van der Waals surface area contributed by atoms with Gasteiger partial charge in [-0.25, -0.2) is 0 Å². The third-order valence-corrected chi connectivity index (χ3v) is 7.90. The summed E-state index contributed by atoms with van der Waals surface area (Å²) in [6, 6.07) is 33.4. The third-order valence-electron chi connectivity index (χ3n) is 7.90. The molecule has 6 aromatic carbocycles. The number of amides is 3. The Kier molecular flexibility index (Phi) is 9.57. The lowest BCUT2D eigenvalue weighted by Crippen LogP contribution is -2.23. The van der Waals surface area contributed by atoms with Gasteiger partial charge >= 0.3 is 0 Å². The second-order valence-corrected chi connectivity index (χ2v) is 11.2. The quantitative estimate of drug-likeness (QED) is 0.110. The Morgan fingerprint density at radius 1 is 0.694 bits per heavy atom. The monoisotopic (exact) mass is 651 g/mol. The Morgan fingerprint density at radius 2 is 1.43 bits per heavy atom. The molecule has 0 aliphatic rings. The van der Waals surface area contributed by atoms with Gasteiger partial charge < -0.3 is 25.8 Å². The molecule has 0 fully saturated rings. The minimum Gasteiger partial charge on any atom is -0.505 e. The van der Waals surface area contributed by atoms with Crippen molar-refractivity contribution in [3.05, 3.63) is 132 Å². The molecule has 6 aromatic rings. The fourth-order valence-corrected chi connectivity index (χ4v) is 5.39. The summed E-state index contributed by atoms with van der Waals surface area (Å²) in [5, 5.41) is 31.7. The molecule has 6 rings (SSSR count). The van der Waals surface area contributed by atoms with Gasteiger partial charge in [-0.05, 0) is 71.8 Å². The van der Waals surface area contributed by atoms with Crippen molar-refractivity contribution < 1.29 is 24.2 Å². The topological polar surface area (TPSA) is 141 Å². The predicted octanol–water partition coefficient (Wildman–Crippen LogP) is 8.77. The highest BCUT2D eigenvalue weighted by molar-refractivity contribution is 6.14. The van der Waals surface area contributed by atoms with Crippen LogP contribution in [-0.4, -0.2) is 36.5 Å². The molecule has 0 radical (unpaired) electrons. The summed E-state index contributed by atoms with van der Waals surface area (Å²) in [5.74, 6) is -1.28. The largest absolute Gasteiger partial charge is 0.505 e. The van der Waals surface area contributed by atoms with Crippen molar-refractivity contribution in [3.63, 3.8) is 0 Å². The first-order valence-electron chi connectivity index (χ1n) is 15.7. The average molecular weight is 652 g/mol. The Hall–Kier alpha value is -6.55. The molecule has 0 heterocycles. The molecule has 10 nitrogen and oxygen atoms in total. The van der Waals surface area contributed by atoms with Crippen LogP contribution in [0.15, 0.2) is 125 Å². The van der Waals surface area contributed by atoms with E-state index in [9.17, 15) is 19.5 Å². The van der Waals surface area contributed by atoms with Crippen LogP contribution in [0, 0.1) is 0 Å². The molecule has 10 heteroatoms. The smallest absolute Gasteiger partial charge is 0.259 e. The number of anilines is 2. The molecule has 49 heavy (non-hydrogen) atoms. The van der Waals surface area contributed by atoms with Crippen molar-refractivity contribution >= 4 is 62.0 Å². The molecule has 0 aliphatic heterocycles. The number of phenolic OH excluding ortho intramolecular Hbond substituents is 1. The summed E-state index contributed by atoms with van der Waals surface area (Å²) in [6.07, 6.45) is 0.773. The number of hydrogen-bond donors (Lipinski definition) is 4. The van der Waals surface area contributed by atoms with Crippen molar-refractivity contribution in [2.45, 2.75) is 13.3 Å². The molecular weight excluding hydrogens is 618 g/mol. The zero-order chi connectivity index (χ0) is 34.3. The molecule has 0 aromatic heterocycles. The second-order valence-electron chi connectivity index (χ2n) is 11.2. The molecule has 0 spiro atoms. The number of nitrogens with one attached hydrogen (secondary N) is 3. The standard InChI is InChI=1S/C39H33N5O5/c1-3-20-40-37(46)25-16-18-30-27(21-25)22-31(39(48)42-32-15-9-11-24-10-7-8-14-29(24)32)36(45)35(30)44-43-33-23-26(17-19-34(33)49-2)38(47)41-28-12-5-4-6-13-28/h4-19,21-23,45H,3,20H2,1-2H3,(H,40,46)(H,41,47)(H,42,48). The van der Waals surface area contributed by atoms with E-state index >= 15 is 0 Å². The highest BCUT2D eigenvalue weighted by atomic mass is 16.5. The molecule has 0 saturated carbocycles. The maximum atomic E-state index is 13.8. The van der Waals surface area contributed by atoms with Gasteiger partial charge in [-0.1, -0.05) is 67.6 Å². The number of phenols is 1. The van der Waals surface area contributed by atoms with E-state index in [0.29, 0.717) is 45.6 Å². The van der Waals surface area contributed by atoms with Crippen LogP contribution in [0.4, 0.5) is 22.7 Å². The van der Waals surface area contributed by atoms with E-state index in [1.165, 1.54) is 19.2 Å². The SMILES string of the molecule is CCCNC(=O)c1ccc2c(N=Nc3cc(C(=O)Nc4ccccc4)ccc3OC)c(O)c(C(=O)Nc3cccc4ccccc34)cc2c1. The van der Waals surface area contributed by atoms with Crippen LogP contribution in [0.5, 0.6) is 11.5 Å². The number of benzene rings is 6. The van der Waals surface area contributed by atoms with Crippen LogP contribution < -0.4 is 20.7 Å². The molecule has 4 N–H and O–H groups in total. The molecule has 0 saturated heterocycles. The van der Waals surface area contributed by atoms with Gasteiger partial charge in [-0.2, -0.15) is 0 Å². The van der Waals surface area contributed by atoms with E-state index in [1.807, 2.05) is 61.5 Å². The molecule has 0 bridgehead atoms. The van der Waals surface area contributed by atoms with Crippen molar-refractivity contribution in [2.75, 3.05) is 24.3 Å². The number of nitrogens with zero attached hydrogens (tertiary/aromatic N) is 2. The fraction of sp³-hybridized carbons (Fsp3) is 0.103. The number of aromatic hydroxyl groups is 1. The Morgan fingerprint density at radius 3 is 2.22 bits per heavy atom. The number of carbonyl (C=O) groups excluding carboxylic acids is 3. The first-order chi connectivity index (χ1) is 23.9. The van der Waals surface area contributed by atoms with Gasteiger partial charge in [0.05, 0.1) is 12.7 Å². The molecular formula is C39H33N5O5. The van der Waals surface area contributed by atoms with Crippen LogP contribution >= 0.6 is 0 Å². The zero-order valence-corrected chi connectivity index (χ0v) is 26.9. The maximum absolute atomic E-state index is 13.8. The van der Waals surface area contributed by atoms with Crippen LogP contribution in [0.25, 0.3) is 21.5 Å². The highest BCUT2D eigenvalue weighted by Gasteiger charge is 2.21. The summed E-state index contributed by atoms with van der Waals surface area (Å²) in [5.41, 5.74) is 2.04. The van der Waals surface area contributed by atoms with Gasteiger partial charge in [-0.15, -0.1) is 10.2 Å². The number of ether oxygens (including phenoxy) is 1. The van der Waals surface area contributed by atoms with Crippen LogP contribution in [0.3, 0.4) is 0 Å². The summed E-state index contributed by atoms with van der Waals surface area (Å²) < 4.78 is 5.49. The van der Waals surface area contributed by atoms with E-state index in [0.717, 1.165) is 17.2 Å². The van der Waals surface area contributed by atoms with Crippen molar-refractivity contribution in [1.82, 2.24) is 5.32 Å². The van der Waals surface area contributed by atoms with Gasteiger partial charge in [0.25, 0.3) is 17.7 Å². The Bertz CT molecular complexity index is 2230. The van der Waals surface area contributed by atoms with Gasteiger partial charge in [0.15, 0.2) is 5.75 Å². The highest BCUT2D eigenvalue weighted by Crippen LogP contribution is 2.41. The number of methoxy groups -OCH3 is 1. The number of azo groups is 1. The molecule has 3 amide bonds. The van der Waals surface area contributed by atoms with Crippen LogP contribution in [-0.2, 0) is 0 Å². The molecule has 0 aliphatic carbocycles. The van der Waals surface area contributed by atoms with E-state index in [2.05, 4.69) is 26.2 Å². The minimum atomic E-state index is -0.579. The number of carbonyl (C=O) groups is 3. The lowest BCUT2D eigenvalue weighted by atomic mass is 10.00. The summed E-state index contributed by atoms with van der Waals surface area (Å²) in [6.45, 7) is 2.47. The van der Waals surface area contributed by atoms with Crippen molar-refractivity contribution in [2.24, 2.45) is 10.2 Å². The number of rotatable bonds is 10. The third kappa shape index (κ3) is 7.08. The first-order valence-corrected chi connectivity index (χ1v) is 15.7. The number of para-hydroxylation sites is 1. The predicted molar refractivity (Wildman–Crippen MR) is 192 cm³/mol. The Labute approximate surface area is 282 Å². The summed E-state index contributed by atoms with van der Waals surface area (Å²) in [4.78, 5) is 39.7. The lowest BCUT2D eigenvalue weighted by Gasteiger charge is -2.13. The fourth-order valence-electron chi connectivity index (χ4n) is 5.39. The Balaban J connectivity index is 1.42. The average Bonchev–Trinajstić information content (AvgIpc) is 3.13. The van der Waals surface area contributed by atoms with E-state index < -0.39 is 11.7 Å². The van der Waals surface area contributed by atoms with Crippen molar-refractivity contribution in [3.8, 4) is 11.5 Å². The molecule has 0 unspecified atom stereocenters. The van der Waals surface area contributed by atoms with E-state index in [4.69, 9.17) is 4.74 Å². The lowest BCUT2D eigenvalue weighted by molar-refractivity contribution is 0.0952. The van der Waals surface area contributed by atoms with Gasteiger partial charge in [0.1, 0.15) is 17.1 Å². The van der Waals surface area contributed by atoms with Gasteiger partial charge in [0.2, 0.25) is 0 Å². The number of fused-ring (bicyclic) bond motifs is 2. The van der Waals surface area contributed by atoms with Crippen molar-refractivity contribution in [1.29, 1.82) is 0 Å². The number of hydrogen-bond acceptors (Lipinski definition) is 7. The van der Waals surface area contributed by atoms with E-state index in [-0.39, 0.29) is 28.8 Å². The summed E-state index contributed by atoms with van der Waals surface area (Å²) in [7, 11) is 1.47. The normalized spacial score (nSPS) is 11.1. The van der Waals surface area contributed by atoms with E-state index in [1.54, 1.807) is 48.5 Å². The minimum absolute atomic E-state index is 0.00211. The molecule has 0 atom stereocenters.